The number of benzene rings is 1. The van der Waals surface area contributed by atoms with Crippen molar-refractivity contribution in [3.8, 4) is 0 Å². The molecule has 0 spiro atoms. The lowest BCUT2D eigenvalue weighted by Gasteiger charge is -2.14. The van der Waals surface area contributed by atoms with E-state index < -0.39 is 0 Å². The number of anilines is 2. The Labute approximate surface area is 124 Å². The predicted octanol–water partition coefficient (Wildman–Crippen LogP) is 3.09. The van der Waals surface area contributed by atoms with Crippen LogP contribution in [0.3, 0.4) is 0 Å². The van der Waals surface area contributed by atoms with Crippen molar-refractivity contribution in [1.29, 1.82) is 0 Å². The van der Waals surface area contributed by atoms with E-state index in [1.807, 2.05) is 32.9 Å². The summed E-state index contributed by atoms with van der Waals surface area (Å²) in [4.78, 5) is 0.327. The number of thiocarbonyl (C=S) groups is 1. The minimum atomic E-state index is 0.327. The molecule has 2 rings (SSSR count). The van der Waals surface area contributed by atoms with E-state index in [0.717, 1.165) is 28.1 Å². The van der Waals surface area contributed by atoms with Crippen molar-refractivity contribution < 1.29 is 0 Å². The van der Waals surface area contributed by atoms with Crippen LogP contribution in [0.4, 0.5) is 11.5 Å². The molecule has 1 heterocycles. The van der Waals surface area contributed by atoms with Gasteiger partial charge in [0.05, 0.1) is 11.3 Å². The quantitative estimate of drug-likeness (QED) is 0.849. The van der Waals surface area contributed by atoms with E-state index in [1.165, 1.54) is 5.56 Å². The maximum absolute atomic E-state index is 5.82. The first kappa shape index (κ1) is 14.4. The van der Waals surface area contributed by atoms with Gasteiger partial charge in [-0.15, -0.1) is 5.10 Å². The van der Waals surface area contributed by atoms with Crippen LogP contribution in [0.15, 0.2) is 18.2 Å². The summed E-state index contributed by atoms with van der Waals surface area (Å²) in [5.74, 6) is 0.604. The topological polar surface area (TPSA) is 63.8 Å². The Kier molecular flexibility index (Phi) is 3.99. The minimum Gasteiger partial charge on any atom is -0.389 e. The van der Waals surface area contributed by atoms with Crippen molar-refractivity contribution >= 4 is 28.7 Å². The molecule has 104 valence electrons. The van der Waals surface area contributed by atoms with Crippen molar-refractivity contribution in [2.75, 3.05) is 5.32 Å². The number of nitrogens with zero attached hydrogens (tertiary/aromatic N) is 2. The molecule has 0 radical (unpaired) electrons. The first-order chi connectivity index (χ1) is 9.40. The Morgan fingerprint density at radius 2 is 1.85 bits per heavy atom. The second-order valence-corrected chi connectivity index (χ2v) is 5.38. The summed E-state index contributed by atoms with van der Waals surface area (Å²) in [5.41, 5.74) is 11.7. The van der Waals surface area contributed by atoms with Gasteiger partial charge in [0.25, 0.3) is 0 Å². The molecule has 0 saturated carbocycles. The SMILES string of the molecule is Cc1ccc(Nc2nnc(C)c(C)c2C(N)=S)c(C)c1. The molecule has 0 saturated heterocycles. The molecule has 1 aromatic heterocycles. The fraction of sp³-hybridized carbons (Fsp3) is 0.267. The van der Waals surface area contributed by atoms with Gasteiger partial charge < -0.3 is 11.1 Å². The number of aryl methyl sites for hydroxylation is 3. The summed E-state index contributed by atoms with van der Waals surface area (Å²) in [6, 6.07) is 6.17. The van der Waals surface area contributed by atoms with Crippen LogP contribution >= 0.6 is 12.2 Å². The third kappa shape index (κ3) is 2.77. The zero-order valence-electron chi connectivity index (χ0n) is 12.1. The van der Waals surface area contributed by atoms with Gasteiger partial charge in [-0.05, 0) is 44.9 Å². The molecule has 0 aliphatic carbocycles. The molecule has 0 amide bonds. The third-order valence-electron chi connectivity index (χ3n) is 3.34. The molecule has 3 N–H and O–H groups in total. The van der Waals surface area contributed by atoms with Gasteiger partial charge in [-0.1, -0.05) is 29.9 Å². The summed E-state index contributed by atoms with van der Waals surface area (Å²) >= 11 is 5.14. The van der Waals surface area contributed by atoms with E-state index in [0.29, 0.717) is 10.8 Å². The third-order valence-corrected chi connectivity index (χ3v) is 3.54. The normalized spacial score (nSPS) is 10.4. The van der Waals surface area contributed by atoms with E-state index in [1.54, 1.807) is 0 Å². The fourth-order valence-corrected chi connectivity index (χ4v) is 2.33. The number of hydrogen-bond acceptors (Lipinski definition) is 4. The first-order valence-corrected chi connectivity index (χ1v) is 6.79. The lowest BCUT2D eigenvalue weighted by Crippen LogP contribution is -2.17. The summed E-state index contributed by atoms with van der Waals surface area (Å²) in [5, 5.41) is 11.6. The Bertz CT molecular complexity index is 680. The largest absolute Gasteiger partial charge is 0.389 e. The zero-order chi connectivity index (χ0) is 14.9. The van der Waals surface area contributed by atoms with Crippen LogP contribution in [-0.4, -0.2) is 15.2 Å². The van der Waals surface area contributed by atoms with Gasteiger partial charge in [-0.25, -0.2) is 0 Å². The van der Waals surface area contributed by atoms with Gasteiger partial charge in [0.2, 0.25) is 0 Å². The van der Waals surface area contributed by atoms with Crippen LogP contribution in [0.25, 0.3) is 0 Å². The molecule has 5 heteroatoms. The van der Waals surface area contributed by atoms with Crippen LogP contribution in [0, 0.1) is 27.7 Å². The molecule has 0 atom stereocenters. The van der Waals surface area contributed by atoms with Crippen molar-refractivity contribution in [3.05, 3.63) is 46.1 Å². The standard InChI is InChI=1S/C15H18N4S/c1-8-5-6-12(9(2)7-8)17-15-13(14(16)20)10(3)11(4)18-19-15/h5-7H,1-4H3,(H2,16,20)(H,17,19). The van der Waals surface area contributed by atoms with Crippen molar-refractivity contribution in [2.24, 2.45) is 5.73 Å². The van der Waals surface area contributed by atoms with E-state index in [2.05, 4.69) is 28.5 Å². The van der Waals surface area contributed by atoms with Crippen LogP contribution < -0.4 is 11.1 Å². The Morgan fingerprint density at radius 1 is 1.15 bits per heavy atom. The summed E-state index contributed by atoms with van der Waals surface area (Å²) in [7, 11) is 0. The lowest BCUT2D eigenvalue weighted by atomic mass is 10.1. The Balaban J connectivity index is 2.48. The molecular weight excluding hydrogens is 268 g/mol. The van der Waals surface area contributed by atoms with Crippen molar-refractivity contribution in [1.82, 2.24) is 10.2 Å². The van der Waals surface area contributed by atoms with Gasteiger partial charge in [-0.3, -0.25) is 0 Å². The second kappa shape index (κ2) is 5.54. The predicted molar refractivity (Wildman–Crippen MR) is 86.6 cm³/mol. The number of hydrogen-bond donors (Lipinski definition) is 2. The first-order valence-electron chi connectivity index (χ1n) is 6.38. The van der Waals surface area contributed by atoms with Crippen molar-refractivity contribution in [3.63, 3.8) is 0 Å². The average molecular weight is 286 g/mol. The molecule has 1 aromatic carbocycles. The maximum Gasteiger partial charge on any atom is 0.163 e. The highest BCUT2D eigenvalue weighted by Gasteiger charge is 2.14. The van der Waals surface area contributed by atoms with E-state index in [4.69, 9.17) is 18.0 Å². The molecule has 0 unspecified atom stereocenters. The Hall–Kier alpha value is -2.01. The zero-order valence-corrected chi connectivity index (χ0v) is 12.9. The number of aromatic nitrogens is 2. The minimum absolute atomic E-state index is 0.327. The highest BCUT2D eigenvalue weighted by molar-refractivity contribution is 7.80. The molecule has 0 aliphatic heterocycles. The number of nitrogens with one attached hydrogen (secondary N) is 1. The van der Waals surface area contributed by atoms with Gasteiger partial charge in [0.1, 0.15) is 4.99 Å². The molecule has 0 bridgehead atoms. The summed E-state index contributed by atoms with van der Waals surface area (Å²) in [6.07, 6.45) is 0. The van der Waals surface area contributed by atoms with Crippen LogP contribution in [0.2, 0.25) is 0 Å². The van der Waals surface area contributed by atoms with Crippen LogP contribution in [0.5, 0.6) is 0 Å². The highest BCUT2D eigenvalue weighted by Crippen LogP contribution is 2.24. The molecule has 20 heavy (non-hydrogen) atoms. The molecule has 0 fully saturated rings. The summed E-state index contributed by atoms with van der Waals surface area (Å²) in [6.45, 7) is 7.95. The second-order valence-electron chi connectivity index (χ2n) is 4.94. The smallest absolute Gasteiger partial charge is 0.163 e. The average Bonchev–Trinajstić information content (AvgIpc) is 2.36. The Morgan fingerprint density at radius 3 is 2.45 bits per heavy atom. The number of nitrogens with two attached hydrogens (primary N) is 1. The van der Waals surface area contributed by atoms with E-state index in [9.17, 15) is 0 Å². The number of rotatable bonds is 3. The molecule has 4 nitrogen and oxygen atoms in total. The van der Waals surface area contributed by atoms with Crippen molar-refractivity contribution in [2.45, 2.75) is 27.7 Å². The molecule has 2 aromatic rings. The van der Waals surface area contributed by atoms with Gasteiger partial charge in [0.15, 0.2) is 5.82 Å². The lowest BCUT2D eigenvalue weighted by molar-refractivity contribution is 0.963. The van der Waals surface area contributed by atoms with Crippen LogP contribution in [-0.2, 0) is 0 Å². The van der Waals surface area contributed by atoms with E-state index >= 15 is 0 Å². The molecular formula is C15H18N4S. The molecule has 0 aliphatic rings. The van der Waals surface area contributed by atoms with Gasteiger partial charge in [-0.2, -0.15) is 5.10 Å². The maximum atomic E-state index is 5.82. The van der Waals surface area contributed by atoms with Crippen LogP contribution in [0.1, 0.15) is 27.9 Å². The van der Waals surface area contributed by atoms with Gasteiger partial charge >= 0.3 is 0 Å². The monoisotopic (exact) mass is 286 g/mol. The summed E-state index contributed by atoms with van der Waals surface area (Å²) < 4.78 is 0. The van der Waals surface area contributed by atoms with Gasteiger partial charge in [0, 0.05) is 5.69 Å². The highest BCUT2D eigenvalue weighted by atomic mass is 32.1. The fourth-order valence-electron chi connectivity index (χ4n) is 2.08. The van der Waals surface area contributed by atoms with E-state index in [-0.39, 0.29) is 0 Å².